The minimum atomic E-state index is -0.0739. The summed E-state index contributed by atoms with van der Waals surface area (Å²) >= 11 is 0. The van der Waals surface area contributed by atoms with Crippen LogP contribution in [-0.4, -0.2) is 26.0 Å². The summed E-state index contributed by atoms with van der Waals surface area (Å²) < 4.78 is 0. The highest BCUT2D eigenvalue weighted by Gasteiger charge is 1.92. The first-order valence-electron chi connectivity index (χ1n) is 4.86. The summed E-state index contributed by atoms with van der Waals surface area (Å²) in [4.78, 5) is 10.7. The Morgan fingerprint density at radius 3 is 2.38 bits per heavy atom. The molecule has 76 valence electrons. The lowest BCUT2D eigenvalue weighted by atomic mass is 10.2. The fourth-order valence-electron chi connectivity index (χ4n) is 1.06. The molecule has 3 nitrogen and oxygen atoms in total. The first kappa shape index (κ1) is 12.2. The molecule has 0 atom stereocenters. The van der Waals surface area contributed by atoms with Crippen LogP contribution in [0.3, 0.4) is 0 Å². The van der Waals surface area contributed by atoms with E-state index < -0.39 is 0 Å². The fourth-order valence-corrected chi connectivity index (χ4v) is 1.06. The Hall–Kier alpha value is -0.830. The van der Waals surface area contributed by atoms with E-state index in [9.17, 15) is 4.79 Å². The van der Waals surface area contributed by atoms with Gasteiger partial charge in [-0.25, -0.2) is 0 Å². The van der Waals surface area contributed by atoms with Crippen LogP contribution in [0, 0.1) is 0 Å². The Morgan fingerprint density at radius 2 is 1.85 bits per heavy atom. The molecule has 0 radical (unpaired) electrons. The quantitative estimate of drug-likeness (QED) is 0.437. The van der Waals surface area contributed by atoms with E-state index in [1.807, 2.05) is 7.05 Å². The van der Waals surface area contributed by atoms with E-state index in [4.69, 9.17) is 0 Å². The van der Waals surface area contributed by atoms with Crippen molar-refractivity contribution in [2.45, 2.75) is 25.7 Å². The zero-order valence-electron chi connectivity index (χ0n) is 8.44. The Morgan fingerprint density at radius 1 is 1.23 bits per heavy atom. The van der Waals surface area contributed by atoms with Gasteiger partial charge in [0.1, 0.15) is 0 Å². The molecule has 2 N–H and O–H groups in total. The predicted octanol–water partition coefficient (Wildman–Crippen LogP) is 1.07. The van der Waals surface area contributed by atoms with E-state index in [0.717, 1.165) is 19.5 Å². The Balaban J connectivity index is 2.99. The molecule has 13 heavy (non-hydrogen) atoms. The number of carbonyl (C=O) groups is 1. The van der Waals surface area contributed by atoms with Crippen LogP contribution in [0.5, 0.6) is 0 Å². The highest BCUT2D eigenvalue weighted by Crippen LogP contribution is 1.97. The third-order valence-electron chi connectivity index (χ3n) is 1.84. The number of rotatable bonds is 8. The topological polar surface area (TPSA) is 41.1 Å². The van der Waals surface area contributed by atoms with Gasteiger partial charge < -0.3 is 10.6 Å². The Kier molecular flexibility index (Phi) is 8.67. The molecule has 0 rings (SSSR count). The molecule has 1 amide bonds. The van der Waals surface area contributed by atoms with Crippen LogP contribution >= 0.6 is 0 Å². The number of hydrogen-bond donors (Lipinski definition) is 2. The minimum absolute atomic E-state index is 0.0739. The van der Waals surface area contributed by atoms with Crippen molar-refractivity contribution in [3.63, 3.8) is 0 Å². The van der Waals surface area contributed by atoms with Gasteiger partial charge in [-0.1, -0.05) is 19.4 Å². The second-order valence-electron chi connectivity index (χ2n) is 3.01. The van der Waals surface area contributed by atoms with Gasteiger partial charge in [0.15, 0.2) is 0 Å². The van der Waals surface area contributed by atoms with Crippen molar-refractivity contribution in [2.75, 3.05) is 20.1 Å². The molecule has 0 fully saturated rings. The number of amides is 1. The van der Waals surface area contributed by atoms with E-state index >= 15 is 0 Å². The zero-order valence-corrected chi connectivity index (χ0v) is 8.44. The maximum absolute atomic E-state index is 10.7. The first-order valence-corrected chi connectivity index (χ1v) is 4.86. The highest BCUT2D eigenvalue weighted by molar-refractivity contribution is 5.86. The molecule has 0 aromatic rings. The van der Waals surface area contributed by atoms with Crippen LogP contribution in [0.15, 0.2) is 12.7 Å². The number of carbonyl (C=O) groups excluding carboxylic acids is 1. The second kappa shape index (κ2) is 9.26. The van der Waals surface area contributed by atoms with Crippen molar-refractivity contribution < 1.29 is 4.79 Å². The van der Waals surface area contributed by atoms with Crippen molar-refractivity contribution in [3.8, 4) is 0 Å². The van der Waals surface area contributed by atoms with Crippen LogP contribution < -0.4 is 10.6 Å². The smallest absolute Gasteiger partial charge is 0.243 e. The van der Waals surface area contributed by atoms with Gasteiger partial charge in [0.2, 0.25) is 5.91 Å². The molecule has 0 aromatic carbocycles. The third-order valence-corrected chi connectivity index (χ3v) is 1.84. The van der Waals surface area contributed by atoms with Gasteiger partial charge in [-0.15, -0.1) is 0 Å². The van der Waals surface area contributed by atoms with Gasteiger partial charge >= 0.3 is 0 Å². The summed E-state index contributed by atoms with van der Waals surface area (Å²) in [5.41, 5.74) is 0. The normalized spacial score (nSPS) is 9.62. The molecule has 0 aliphatic carbocycles. The standard InChI is InChI=1S/C10H20N2O/c1-3-10(13)12-9-7-5-4-6-8-11-2/h3,11H,1,4-9H2,2H3,(H,12,13). The van der Waals surface area contributed by atoms with E-state index in [2.05, 4.69) is 17.2 Å². The number of hydrogen-bond acceptors (Lipinski definition) is 2. The monoisotopic (exact) mass is 184 g/mol. The molecule has 0 aliphatic heterocycles. The molecular weight excluding hydrogens is 164 g/mol. The lowest BCUT2D eigenvalue weighted by Gasteiger charge is -2.02. The van der Waals surface area contributed by atoms with Crippen molar-refractivity contribution >= 4 is 5.91 Å². The lowest BCUT2D eigenvalue weighted by Crippen LogP contribution is -2.21. The van der Waals surface area contributed by atoms with Gasteiger partial charge in [-0.05, 0) is 32.5 Å². The third kappa shape index (κ3) is 9.08. The summed E-state index contributed by atoms with van der Waals surface area (Å²) in [6.07, 6.45) is 5.99. The van der Waals surface area contributed by atoms with Gasteiger partial charge in [0.25, 0.3) is 0 Å². The van der Waals surface area contributed by atoms with Crippen LogP contribution in [0.25, 0.3) is 0 Å². The molecule has 0 aliphatic rings. The second-order valence-corrected chi connectivity index (χ2v) is 3.01. The fraction of sp³-hybridized carbons (Fsp3) is 0.700. The average molecular weight is 184 g/mol. The van der Waals surface area contributed by atoms with Crippen molar-refractivity contribution in [1.82, 2.24) is 10.6 Å². The maximum atomic E-state index is 10.7. The van der Waals surface area contributed by atoms with Crippen molar-refractivity contribution in [3.05, 3.63) is 12.7 Å². The SMILES string of the molecule is C=CC(=O)NCCCCCCNC. The van der Waals surface area contributed by atoms with Crippen LogP contribution in [0.4, 0.5) is 0 Å². The predicted molar refractivity (Wildman–Crippen MR) is 55.6 cm³/mol. The van der Waals surface area contributed by atoms with Gasteiger partial charge in [-0.3, -0.25) is 4.79 Å². The van der Waals surface area contributed by atoms with Gasteiger partial charge in [0.05, 0.1) is 0 Å². The number of nitrogens with one attached hydrogen (secondary N) is 2. The van der Waals surface area contributed by atoms with Crippen LogP contribution in [-0.2, 0) is 4.79 Å². The summed E-state index contributed by atoms with van der Waals surface area (Å²) in [5.74, 6) is -0.0739. The molecule has 0 spiro atoms. The maximum Gasteiger partial charge on any atom is 0.243 e. The van der Waals surface area contributed by atoms with Crippen LogP contribution in [0.1, 0.15) is 25.7 Å². The molecule has 0 unspecified atom stereocenters. The molecular formula is C10H20N2O. The summed E-state index contributed by atoms with van der Waals surface area (Å²) in [7, 11) is 1.96. The zero-order chi connectivity index (χ0) is 9.94. The van der Waals surface area contributed by atoms with E-state index in [0.29, 0.717) is 0 Å². The Bertz CT molecular complexity index is 146. The molecule has 0 bridgehead atoms. The lowest BCUT2D eigenvalue weighted by molar-refractivity contribution is -0.116. The molecule has 0 saturated carbocycles. The van der Waals surface area contributed by atoms with Crippen LogP contribution in [0.2, 0.25) is 0 Å². The summed E-state index contributed by atoms with van der Waals surface area (Å²) in [6.45, 7) is 5.23. The molecule has 0 saturated heterocycles. The van der Waals surface area contributed by atoms with E-state index in [-0.39, 0.29) is 5.91 Å². The largest absolute Gasteiger partial charge is 0.353 e. The van der Waals surface area contributed by atoms with Crippen molar-refractivity contribution in [2.24, 2.45) is 0 Å². The Labute approximate surface area is 80.6 Å². The highest BCUT2D eigenvalue weighted by atomic mass is 16.1. The molecule has 0 aromatic heterocycles. The number of unbranched alkanes of at least 4 members (excludes halogenated alkanes) is 3. The van der Waals surface area contributed by atoms with Crippen molar-refractivity contribution in [1.29, 1.82) is 0 Å². The average Bonchev–Trinajstić information content (AvgIpc) is 2.16. The molecule has 3 heteroatoms. The van der Waals surface area contributed by atoms with E-state index in [1.54, 1.807) is 0 Å². The summed E-state index contributed by atoms with van der Waals surface area (Å²) in [5, 5.41) is 5.85. The van der Waals surface area contributed by atoms with Gasteiger partial charge in [0, 0.05) is 6.54 Å². The minimum Gasteiger partial charge on any atom is -0.353 e. The van der Waals surface area contributed by atoms with Gasteiger partial charge in [-0.2, -0.15) is 0 Å². The molecule has 0 heterocycles. The first-order chi connectivity index (χ1) is 6.31. The summed E-state index contributed by atoms with van der Waals surface area (Å²) in [6, 6.07) is 0. The van der Waals surface area contributed by atoms with E-state index in [1.165, 1.54) is 25.3 Å².